The van der Waals surface area contributed by atoms with E-state index in [1.807, 2.05) is 36.4 Å². The first-order valence-electron chi connectivity index (χ1n) is 7.23. The van der Waals surface area contributed by atoms with E-state index in [2.05, 4.69) is 9.88 Å². The molecule has 2 atom stereocenters. The molecule has 1 aliphatic heterocycles. The molecule has 0 saturated carbocycles. The summed E-state index contributed by atoms with van der Waals surface area (Å²) in [6, 6.07) is 11.7. The number of aliphatic carboxylic acids is 1. The first-order valence-corrected chi connectivity index (χ1v) is 7.61. The van der Waals surface area contributed by atoms with Crippen LogP contribution in [0.1, 0.15) is 17.0 Å². The molecule has 2 aromatic rings. The van der Waals surface area contributed by atoms with Crippen LogP contribution in [0.25, 0.3) is 0 Å². The van der Waals surface area contributed by atoms with Gasteiger partial charge >= 0.3 is 5.97 Å². The van der Waals surface area contributed by atoms with Crippen LogP contribution in [-0.2, 0) is 11.3 Å². The van der Waals surface area contributed by atoms with Gasteiger partial charge in [-0.2, -0.15) is 0 Å². The molecule has 2 heterocycles. The van der Waals surface area contributed by atoms with Gasteiger partial charge in [-0.25, -0.2) is 0 Å². The number of rotatable bonds is 4. The lowest BCUT2D eigenvalue weighted by Crippen LogP contribution is -2.23. The van der Waals surface area contributed by atoms with Crippen molar-refractivity contribution in [3.05, 3.63) is 64.9 Å². The van der Waals surface area contributed by atoms with Gasteiger partial charge in [0, 0.05) is 37.9 Å². The Morgan fingerprint density at radius 2 is 2.05 bits per heavy atom. The minimum atomic E-state index is -0.739. The monoisotopic (exact) mass is 316 g/mol. The summed E-state index contributed by atoms with van der Waals surface area (Å²) in [5.74, 6) is -1.11. The lowest BCUT2D eigenvalue weighted by Gasteiger charge is -2.16. The highest BCUT2D eigenvalue weighted by molar-refractivity contribution is 6.31. The van der Waals surface area contributed by atoms with Gasteiger partial charge in [-0.05, 0) is 17.2 Å². The van der Waals surface area contributed by atoms with Crippen LogP contribution in [0, 0.1) is 5.92 Å². The molecule has 4 nitrogen and oxygen atoms in total. The molecule has 5 heteroatoms. The molecule has 1 aliphatic rings. The highest BCUT2D eigenvalue weighted by atomic mass is 35.5. The number of nitrogens with zero attached hydrogens (tertiary/aromatic N) is 2. The van der Waals surface area contributed by atoms with Crippen molar-refractivity contribution in [2.75, 3.05) is 13.1 Å². The molecular weight excluding hydrogens is 300 g/mol. The van der Waals surface area contributed by atoms with Crippen molar-refractivity contribution in [1.29, 1.82) is 0 Å². The van der Waals surface area contributed by atoms with Gasteiger partial charge in [0.2, 0.25) is 0 Å². The van der Waals surface area contributed by atoms with E-state index in [-0.39, 0.29) is 11.8 Å². The van der Waals surface area contributed by atoms with Crippen LogP contribution in [0.5, 0.6) is 0 Å². The first kappa shape index (κ1) is 15.0. The number of likely N-dealkylation sites (tertiary alicyclic amines) is 1. The fourth-order valence-electron chi connectivity index (χ4n) is 3.08. The Balaban J connectivity index is 1.79. The highest BCUT2D eigenvalue weighted by Gasteiger charge is 2.38. The second-order valence-electron chi connectivity index (χ2n) is 5.62. The fourth-order valence-corrected chi connectivity index (χ4v) is 3.25. The van der Waals surface area contributed by atoms with Crippen molar-refractivity contribution in [3.63, 3.8) is 0 Å². The Morgan fingerprint density at radius 1 is 1.27 bits per heavy atom. The quantitative estimate of drug-likeness (QED) is 0.942. The van der Waals surface area contributed by atoms with Crippen molar-refractivity contribution >= 4 is 17.6 Å². The van der Waals surface area contributed by atoms with E-state index in [4.69, 9.17) is 11.6 Å². The summed E-state index contributed by atoms with van der Waals surface area (Å²) < 4.78 is 0. The van der Waals surface area contributed by atoms with Gasteiger partial charge in [0.15, 0.2) is 0 Å². The predicted octanol–water partition coefficient (Wildman–Crippen LogP) is 3.04. The maximum absolute atomic E-state index is 11.6. The third-order valence-electron chi connectivity index (χ3n) is 4.19. The van der Waals surface area contributed by atoms with Crippen LogP contribution in [0.3, 0.4) is 0 Å². The number of hydrogen-bond donors (Lipinski definition) is 1. The number of carboxylic acid groups (broad SMARTS) is 1. The molecule has 0 unspecified atom stereocenters. The van der Waals surface area contributed by atoms with Crippen LogP contribution in [0.2, 0.25) is 5.02 Å². The molecule has 1 N–H and O–H groups in total. The number of aromatic nitrogens is 1. The molecule has 0 radical (unpaired) electrons. The second-order valence-corrected chi connectivity index (χ2v) is 6.03. The van der Waals surface area contributed by atoms with E-state index < -0.39 is 5.97 Å². The first-order chi connectivity index (χ1) is 10.6. The topological polar surface area (TPSA) is 53.4 Å². The molecule has 22 heavy (non-hydrogen) atoms. The number of carboxylic acids is 1. The maximum atomic E-state index is 11.6. The van der Waals surface area contributed by atoms with E-state index in [1.165, 1.54) is 0 Å². The van der Waals surface area contributed by atoms with Crippen molar-refractivity contribution in [1.82, 2.24) is 9.88 Å². The lowest BCUT2D eigenvalue weighted by molar-refractivity contribution is -0.141. The summed E-state index contributed by atoms with van der Waals surface area (Å²) >= 11 is 6.15. The van der Waals surface area contributed by atoms with E-state index in [1.54, 1.807) is 12.4 Å². The highest BCUT2D eigenvalue weighted by Crippen LogP contribution is 2.34. The number of benzene rings is 1. The smallest absolute Gasteiger partial charge is 0.308 e. The van der Waals surface area contributed by atoms with Gasteiger partial charge in [-0.1, -0.05) is 41.9 Å². The summed E-state index contributed by atoms with van der Waals surface area (Å²) in [5, 5.41) is 10.1. The number of hydrogen-bond acceptors (Lipinski definition) is 3. The minimum Gasteiger partial charge on any atom is -0.481 e. The number of halogens is 1. The third kappa shape index (κ3) is 3.13. The van der Waals surface area contributed by atoms with Crippen molar-refractivity contribution in [2.24, 2.45) is 5.92 Å². The average Bonchev–Trinajstić information content (AvgIpc) is 2.95. The van der Waals surface area contributed by atoms with Crippen LogP contribution >= 0.6 is 11.6 Å². The van der Waals surface area contributed by atoms with E-state index in [9.17, 15) is 9.90 Å². The maximum Gasteiger partial charge on any atom is 0.308 e. The van der Waals surface area contributed by atoms with Crippen LogP contribution in [0.4, 0.5) is 0 Å². The summed E-state index contributed by atoms with van der Waals surface area (Å²) in [6.45, 7) is 1.90. The zero-order chi connectivity index (χ0) is 15.5. The number of pyridine rings is 1. The molecule has 3 rings (SSSR count). The molecule has 1 aromatic heterocycles. The molecule has 0 spiro atoms. The normalized spacial score (nSPS) is 21.9. The average molecular weight is 317 g/mol. The standard InChI is InChI=1S/C17H17ClN2O2/c18-16-8-19-7-6-13(16)9-20-10-14(15(11-20)17(21)22)12-4-2-1-3-5-12/h1-8,14-15H,9-11H2,(H,21,22)/t14-,15+/m0/s1. The molecular formula is C17H17ClN2O2. The minimum absolute atomic E-state index is 0.0133. The Hall–Kier alpha value is -1.91. The van der Waals surface area contributed by atoms with E-state index in [0.29, 0.717) is 18.1 Å². The lowest BCUT2D eigenvalue weighted by atomic mass is 9.89. The molecule has 114 valence electrons. The van der Waals surface area contributed by atoms with Crippen LogP contribution in [-0.4, -0.2) is 34.0 Å². The second kappa shape index (κ2) is 6.46. The molecule has 1 fully saturated rings. The Morgan fingerprint density at radius 3 is 2.73 bits per heavy atom. The largest absolute Gasteiger partial charge is 0.481 e. The summed E-state index contributed by atoms with van der Waals surface area (Å²) in [5.41, 5.74) is 2.06. The Kier molecular flexibility index (Phi) is 4.41. The van der Waals surface area contributed by atoms with Gasteiger partial charge in [0.25, 0.3) is 0 Å². The summed E-state index contributed by atoms with van der Waals surface area (Å²) in [4.78, 5) is 17.7. The van der Waals surface area contributed by atoms with Crippen molar-refractivity contribution in [3.8, 4) is 0 Å². The molecule has 1 saturated heterocycles. The van der Waals surface area contributed by atoms with Crippen LogP contribution < -0.4 is 0 Å². The van der Waals surface area contributed by atoms with Crippen LogP contribution in [0.15, 0.2) is 48.8 Å². The number of carbonyl (C=O) groups is 1. The fraction of sp³-hybridized carbons (Fsp3) is 0.294. The van der Waals surface area contributed by atoms with Gasteiger partial charge in [-0.15, -0.1) is 0 Å². The Bertz CT molecular complexity index is 663. The Labute approximate surface area is 134 Å². The van der Waals surface area contributed by atoms with Gasteiger partial charge < -0.3 is 5.11 Å². The molecule has 0 amide bonds. The molecule has 0 aliphatic carbocycles. The van der Waals surface area contributed by atoms with E-state index >= 15 is 0 Å². The third-order valence-corrected chi connectivity index (χ3v) is 4.53. The van der Waals surface area contributed by atoms with E-state index in [0.717, 1.165) is 17.7 Å². The summed E-state index contributed by atoms with van der Waals surface area (Å²) in [6.07, 6.45) is 3.33. The van der Waals surface area contributed by atoms with Crippen molar-refractivity contribution in [2.45, 2.75) is 12.5 Å². The SMILES string of the molecule is O=C(O)[C@@H]1CN(Cc2ccncc2Cl)C[C@H]1c1ccccc1. The zero-order valence-electron chi connectivity index (χ0n) is 12.0. The van der Waals surface area contributed by atoms with Gasteiger partial charge in [0.05, 0.1) is 10.9 Å². The van der Waals surface area contributed by atoms with Gasteiger partial charge in [-0.3, -0.25) is 14.7 Å². The van der Waals surface area contributed by atoms with Crippen molar-refractivity contribution < 1.29 is 9.90 Å². The zero-order valence-corrected chi connectivity index (χ0v) is 12.8. The summed E-state index contributed by atoms with van der Waals surface area (Å²) in [7, 11) is 0. The predicted molar refractivity (Wildman–Crippen MR) is 84.8 cm³/mol. The molecule has 1 aromatic carbocycles. The van der Waals surface area contributed by atoms with Gasteiger partial charge in [0.1, 0.15) is 0 Å². The molecule has 0 bridgehead atoms.